The van der Waals surface area contributed by atoms with Crippen LogP contribution >= 0.6 is 0 Å². The van der Waals surface area contributed by atoms with E-state index in [4.69, 9.17) is 10.6 Å². The van der Waals surface area contributed by atoms with Gasteiger partial charge in [-0.1, -0.05) is 6.92 Å². The van der Waals surface area contributed by atoms with Gasteiger partial charge in [-0.3, -0.25) is 9.63 Å². The first-order chi connectivity index (χ1) is 6.74. The molecule has 1 aliphatic heterocycles. The average Bonchev–Trinajstić information content (AvgIpc) is 2.26. The second-order valence-corrected chi connectivity index (χ2v) is 3.92. The van der Waals surface area contributed by atoms with Crippen LogP contribution in [0.25, 0.3) is 0 Å². The lowest BCUT2D eigenvalue weighted by molar-refractivity contribution is -0.197. The summed E-state index contributed by atoms with van der Waals surface area (Å²) in [6.07, 6.45) is 3.52. The Morgan fingerprint density at radius 3 is 2.93 bits per heavy atom. The summed E-state index contributed by atoms with van der Waals surface area (Å²) in [5.41, 5.74) is 5.48. The van der Waals surface area contributed by atoms with Gasteiger partial charge in [0.25, 0.3) is 0 Å². The van der Waals surface area contributed by atoms with Crippen molar-refractivity contribution in [3.05, 3.63) is 0 Å². The third-order valence-corrected chi connectivity index (χ3v) is 2.53. The number of hydrogen-bond donors (Lipinski definition) is 1. The zero-order chi connectivity index (χ0) is 10.4. The Labute approximate surface area is 85.3 Å². The van der Waals surface area contributed by atoms with Gasteiger partial charge in [0.05, 0.1) is 6.61 Å². The topological polar surface area (TPSA) is 55.6 Å². The van der Waals surface area contributed by atoms with Crippen molar-refractivity contribution in [1.82, 2.24) is 5.06 Å². The third-order valence-electron chi connectivity index (χ3n) is 2.53. The summed E-state index contributed by atoms with van der Waals surface area (Å²) in [5, 5.41) is 1.51. The molecule has 1 fully saturated rings. The molecule has 0 radical (unpaired) electrons. The summed E-state index contributed by atoms with van der Waals surface area (Å²) >= 11 is 0. The fourth-order valence-electron chi connectivity index (χ4n) is 1.41. The summed E-state index contributed by atoms with van der Waals surface area (Å²) < 4.78 is 0. The van der Waals surface area contributed by atoms with E-state index in [1.54, 1.807) is 0 Å². The van der Waals surface area contributed by atoms with Crippen LogP contribution in [-0.2, 0) is 9.63 Å². The van der Waals surface area contributed by atoms with Crippen molar-refractivity contribution < 1.29 is 9.63 Å². The predicted octanol–water partition coefficient (Wildman–Crippen LogP) is 0.915. The lowest BCUT2D eigenvalue weighted by Gasteiger charge is -2.26. The first kappa shape index (κ1) is 11.5. The fraction of sp³-hybridized carbons (Fsp3) is 0.900. The number of hydrogen-bond acceptors (Lipinski definition) is 3. The number of rotatable bonds is 4. The monoisotopic (exact) mass is 200 g/mol. The molecule has 1 aliphatic rings. The van der Waals surface area contributed by atoms with E-state index < -0.39 is 0 Å². The van der Waals surface area contributed by atoms with Crippen molar-refractivity contribution in [3.8, 4) is 0 Å². The van der Waals surface area contributed by atoms with Crippen molar-refractivity contribution in [1.29, 1.82) is 0 Å². The molecular formula is C10H20N2O2. The average molecular weight is 200 g/mol. The van der Waals surface area contributed by atoms with Gasteiger partial charge in [0.2, 0.25) is 5.91 Å². The number of carbonyl (C=O) groups excluding carboxylic acids is 1. The van der Waals surface area contributed by atoms with E-state index in [2.05, 4.69) is 6.92 Å². The minimum Gasteiger partial charge on any atom is -0.330 e. The first-order valence-electron chi connectivity index (χ1n) is 5.37. The SMILES string of the molecule is CC(CN)CCC(=O)N1CCCCO1. The molecule has 4 heteroatoms. The quantitative estimate of drug-likeness (QED) is 0.734. The highest BCUT2D eigenvalue weighted by Gasteiger charge is 2.17. The van der Waals surface area contributed by atoms with Crippen LogP contribution in [0.5, 0.6) is 0 Å². The number of hydroxylamine groups is 2. The zero-order valence-electron chi connectivity index (χ0n) is 8.87. The van der Waals surface area contributed by atoms with Gasteiger partial charge in [0.15, 0.2) is 0 Å². The van der Waals surface area contributed by atoms with Crippen molar-refractivity contribution in [3.63, 3.8) is 0 Å². The normalized spacial score (nSPS) is 19.4. The largest absolute Gasteiger partial charge is 0.330 e. The van der Waals surface area contributed by atoms with Crippen LogP contribution in [0, 0.1) is 5.92 Å². The van der Waals surface area contributed by atoms with Crippen molar-refractivity contribution in [2.24, 2.45) is 11.7 Å². The molecule has 0 aromatic heterocycles. The zero-order valence-corrected chi connectivity index (χ0v) is 8.87. The van der Waals surface area contributed by atoms with Crippen LogP contribution < -0.4 is 5.73 Å². The molecule has 0 aliphatic carbocycles. The maximum Gasteiger partial charge on any atom is 0.246 e. The highest BCUT2D eigenvalue weighted by atomic mass is 16.7. The molecule has 1 amide bonds. The highest BCUT2D eigenvalue weighted by Crippen LogP contribution is 2.10. The maximum absolute atomic E-state index is 11.6. The summed E-state index contributed by atoms with van der Waals surface area (Å²) in [5.74, 6) is 0.522. The van der Waals surface area contributed by atoms with Crippen LogP contribution in [0.3, 0.4) is 0 Å². The third kappa shape index (κ3) is 3.64. The molecule has 0 saturated carbocycles. The number of amides is 1. The Balaban J connectivity index is 2.19. The first-order valence-corrected chi connectivity index (χ1v) is 5.37. The van der Waals surface area contributed by atoms with E-state index in [1.165, 1.54) is 5.06 Å². The standard InChI is InChI=1S/C10H20N2O2/c1-9(8-11)4-5-10(13)12-6-2-3-7-14-12/h9H,2-8,11H2,1H3. The summed E-state index contributed by atoms with van der Waals surface area (Å²) in [7, 11) is 0. The summed E-state index contributed by atoms with van der Waals surface area (Å²) in [6.45, 7) is 4.13. The molecule has 1 heterocycles. The predicted molar refractivity (Wildman–Crippen MR) is 54.4 cm³/mol. The fourth-order valence-corrected chi connectivity index (χ4v) is 1.41. The summed E-state index contributed by atoms with van der Waals surface area (Å²) in [4.78, 5) is 16.8. The van der Waals surface area contributed by atoms with Crippen LogP contribution in [0.4, 0.5) is 0 Å². The van der Waals surface area contributed by atoms with Crippen LogP contribution in [0.1, 0.15) is 32.6 Å². The van der Waals surface area contributed by atoms with Crippen molar-refractivity contribution in [2.45, 2.75) is 32.6 Å². The molecule has 2 N–H and O–H groups in total. The molecule has 1 rings (SSSR count). The van der Waals surface area contributed by atoms with E-state index in [1.807, 2.05) is 0 Å². The Morgan fingerprint density at radius 2 is 2.36 bits per heavy atom. The smallest absolute Gasteiger partial charge is 0.246 e. The Hall–Kier alpha value is -0.610. The second-order valence-electron chi connectivity index (χ2n) is 3.92. The lowest BCUT2D eigenvalue weighted by Crippen LogP contribution is -2.35. The van der Waals surface area contributed by atoms with Gasteiger partial charge in [-0.25, -0.2) is 5.06 Å². The molecule has 0 spiro atoms. The van der Waals surface area contributed by atoms with Crippen LogP contribution in [-0.4, -0.2) is 30.7 Å². The Kier molecular flexibility index (Phi) is 4.90. The van der Waals surface area contributed by atoms with Gasteiger partial charge in [0, 0.05) is 13.0 Å². The number of nitrogens with two attached hydrogens (primary N) is 1. The van der Waals surface area contributed by atoms with Gasteiger partial charge in [-0.05, 0) is 31.7 Å². The molecule has 0 bridgehead atoms. The Morgan fingerprint density at radius 1 is 1.57 bits per heavy atom. The van der Waals surface area contributed by atoms with Crippen LogP contribution in [0.15, 0.2) is 0 Å². The summed E-state index contributed by atoms with van der Waals surface area (Å²) in [6, 6.07) is 0. The Bertz CT molecular complexity index is 179. The van der Waals surface area contributed by atoms with E-state index >= 15 is 0 Å². The van der Waals surface area contributed by atoms with Gasteiger partial charge in [0.1, 0.15) is 0 Å². The second kappa shape index (κ2) is 5.98. The van der Waals surface area contributed by atoms with Crippen LogP contribution in [0.2, 0.25) is 0 Å². The highest BCUT2D eigenvalue weighted by molar-refractivity contribution is 5.75. The molecule has 82 valence electrons. The van der Waals surface area contributed by atoms with E-state index in [-0.39, 0.29) is 5.91 Å². The molecule has 14 heavy (non-hydrogen) atoms. The maximum atomic E-state index is 11.6. The van der Waals surface area contributed by atoms with E-state index in [0.717, 1.165) is 25.8 Å². The minimum absolute atomic E-state index is 0.102. The van der Waals surface area contributed by atoms with Crippen molar-refractivity contribution in [2.75, 3.05) is 19.7 Å². The molecular weight excluding hydrogens is 180 g/mol. The molecule has 0 aromatic rings. The number of nitrogens with zero attached hydrogens (tertiary/aromatic N) is 1. The molecule has 1 saturated heterocycles. The van der Waals surface area contributed by atoms with Gasteiger partial charge >= 0.3 is 0 Å². The van der Waals surface area contributed by atoms with Gasteiger partial charge < -0.3 is 5.73 Å². The van der Waals surface area contributed by atoms with Gasteiger partial charge in [-0.2, -0.15) is 0 Å². The minimum atomic E-state index is 0.102. The molecule has 1 atom stereocenters. The van der Waals surface area contributed by atoms with E-state index in [9.17, 15) is 4.79 Å². The number of carbonyl (C=O) groups is 1. The molecule has 0 aromatic carbocycles. The van der Waals surface area contributed by atoms with Gasteiger partial charge in [-0.15, -0.1) is 0 Å². The molecule has 4 nitrogen and oxygen atoms in total. The van der Waals surface area contributed by atoms with Crippen molar-refractivity contribution >= 4 is 5.91 Å². The molecule has 1 unspecified atom stereocenters. The lowest BCUT2D eigenvalue weighted by atomic mass is 10.1. The van der Waals surface area contributed by atoms with E-state index in [0.29, 0.717) is 25.5 Å².